The number of nitrogens with zero attached hydrogens (tertiary/aromatic N) is 3. The Morgan fingerprint density at radius 3 is 2.63 bits per heavy atom. The number of ether oxygens (including phenoxy) is 1. The summed E-state index contributed by atoms with van der Waals surface area (Å²) in [7, 11) is 0.861. The van der Waals surface area contributed by atoms with E-state index in [1.807, 2.05) is 48.2 Å². The summed E-state index contributed by atoms with van der Waals surface area (Å²) in [6.07, 6.45) is 1.09. The van der Waals surface area contributed by atoms with E-state index in [1.165, 1.54) is 11.8 Å². The molecule has 3 heterocycles. The molecular weight excluding hydrogens is 386 g/mol. The summed E-state index contributed by atoms with van der Waals surface area (Å²) >= 11 is 1.39. The zero-order valence-electron chi connectivity index (χ0n) is 15.4. The van der Waals surface area contributed by atoms with Crippen molar-refractivity contribution in [1.29, 1.82) is 0 Å². The summed E-state index contributed by atoms with van der Waals surface area (Å²) in [5.41, 5.74) is 1.91. The van der Waals surface area contributed by atoms with Crippen molar-refractivity contribution in [1.82, 2.24) is 0 Å². The molecule has 1 aromatic rings. The van der Waals surface area contributed by atoms with E-state index in [2.05, 4.69) is 4.99 Å². The van der Waals surface area contributed by atoms with Gasteiger partial charge in [-0.3, -0.25) is 4.79 Å². The van der Waals surface area contributed by atoms with Crippen LogP contribution >= 0.6 is 11.8 Å². The van der Waals surface area contributed by atoms with Crippen LogP contribution in [0.15, 0.2) is 29.3 Å². The van der Waals surface area contributed by atoms with Crippen molar-refractivity contribution < 1.29 is 17.9 Å². The summed E-state index contributed by atoms with van der Waals surface area (Å²) in [6, 6.07) is 7.68. The third-order valence-electron chi connectivity index (χ3n) is 5.12. The second-order valence-corrected chi connectivity index (χ2v) is 10.7. The van der Waals surface area contributed by atoms with Crippen LogP contribution in [0.2, 0.25) is 0 Å². The van der Waals surface area contributed by atoms with E-state index in [4.69, 9.17) is 4.74 Å². The molecule has 0 aromatic heterocycles. The molecule has 146 valence electrons. The molecule has 7 nitrogen and oxygen atoms in total. The number of aliphatic imine (C=N–C) groups is 1. The Hall–Kier alpha value is -1.58. The number of hydrogen-bond donors (Lipinski definition) is 0. The van der Waals surface area contributed by atoms with Gasteiger partial charge in [-0.25, -0.2) is 8.42 Å². The third kappa shape index (κ3) is 3.72. The van der Waals surface area contributed by atoms with Gasteiger partial charge in [0.15, 0.2) is 15.0 Å². The van der Waals surface area contributed by atoms with E-state index < -0.39 is 15.9 Å². The van der Waals surface area contributed by atoms with Gasteiger partial charge in [-0.05, 0) is 37.1 Å². The summed E-state index contributed by atoms with van der Waals surface area (Å²) in [6.45, 7) is 0.591. The molecule has 0 radical (unpaired) electrons. The molecule has 0 aliphatic carbocycles. The van der Waals surface area contributed by atoms with Crippen molar-refractivity contribution in [3.8, 4) is 0 Å². The summed E-state index contributed by atoms with van der Waals surface area (Å²) < 4.78 is 29.7. The predicted molar refractivity (Wildman–Crippen MR) is 108 cm³/mol. The maximum atomic E-state index is 12.5. The number of rotatable bonds is 3. The topological polar surface area (TPSA) is 79.3 Å². The Balaban J connectivity index is 1.66. The predicted octanol–water partition coefficient (Wildman–Crippen LogP) is 1.53. The zero-order chi connectivity index (χ0) is 19.2. The molecule has 4 rings (SSSR count). The van der Waals surface area contributed by atoms with Gasteiger partial charge in [-0.1, -0.05) is 11.8 Å². The number of amides is 1. The fraction of sp³-hybridized carbons (Fsp3) is 0.556. The lowest BCUT2D eigenvalue weighted by atomic mass is 10.2. The van der Waals surface area contributed by atoms with E-state index in [-0.39, 0.29) is 28.7 Å². The van der Waals surface area contributed by atoms with Crippen molar-refractivity contribution in [2.24, 2.45) is 4.99 Å². The number of hydrogen-bond acceptors (Lipinski definition) is 6. The van der Waals surface area contributed by atoms with Crippen molar-refractivity contribution in [2.75, 3.05) is 42.0 Å². The van der Waals surface area contributed by atoms with Gasteiger partial charge < -0.3 is 14.5 Å². The van der Waals surface area contributed by atoms with E-state index >= 15 is 0 Å². The maximum absolute atomic E-state index is 12.5. The van der Waals surface area contributed by atoms with Crippen molar-refractivity contribution >= 4 is 44.0 Å². The monoisotopic (exact) mass is 409 g/mol. The maximum Gasteiger partial charge on any atom is 0.277 e. The largest absolute Gasteiger partial charge is 0.378 e. The van der Waals surface area contributed by atoms with Crippen LogP contribution in [-0.2, 0) is 19.4 Å². The van der Waals surface area contributed by atoms with Crippen LogP contribution in [0.3, 0.4) is 0 Å². The molecule has 3 unspecified atom stereocenters. The molecule has 1 amide bonds. The van der Waals surface area contributed by atoms with Gasteiger partial charge in [0.25, 0.3) is 5.91 Å². The molecule has 27 heavy (non-hydrogen) atoms. The Morgan fingerprint density at radius 2 is 2.00 bits per heavy atom. The minimum Gasteiger partial charge on any atom is -0.378 e. The molecule has 1 aromatic carbocycles. The normalized spacial score (nSPS) is 30.7. The summed E-state index contributed by atoms with van der Waals surface area (Å²) in [5, 5.41) is 0.484. The first-order chi connectivity index (χ1) is 12.8. The number of thioether (sulfide) groups is 1. The quantitative estimate of drug-likeness (QED) is 0.749. The average molecular weight is 410 g/mol. The second-order valence-electron chi connectivity index (χ2n) is 7.32. The van der Waals surface area contributed by atoms with Gasteiger partial charge in [0.05, 0.1) is 17.5 Å². The molecule has 3 atom stereocenters. The van der Waals surface area contributed by atoms with Gasteiger partial charge in [0.1, 0.15) is 6.10 Å². The van der Waals surface area contributed by atoms with Crippen molar-refractivity contribution in [2.45, 2.75) is 30.2 Å². The number of benzene rings is 1. The molecule has 3 aliphatic rings. The standard InChI is InChI=1S/C18H23N3O4S2/c1-20(2)12-5-7-13(8-6-12)21-14-10-27(23,24)11-16(14)26-18(21)19-17(22)15-4-3-9-25-15/h5-8,14-16H,3-4,9-11H2,1-2H3. The first kappa shape index (κ1) is 18.8. The molecule has 0 N–H and O–H groups in total. The SMILES string of the molecule is CN(C)c1ccc(N2C(=NC(=O)C3CCCO3)SC3CS(=O)(=O)CC32)cc1. The highest BCUT2D eigenvalue weighted by molar-refractivity contribution is 8.16. The molecule has 0 bridgehead atoms. The van der Waals surface area contributed by atoms with Gasteiger partial charge in [-0.2, -0.15) is 4.99 Å². The first-order valence-corrected chi connectivity index (χ1v) is 11.7. The minimum absolute atomic E-state index is 0.0905. The van der Waals surface area contributed by atoms with E-state index in [1.54, 1.807) is 0 Å². The Kier molecular flexibility index (Phi) is 4.94. The van der Waals surface area contributed by atoms with Gasteiger partial charge in [0, 0.05) is 37.3 Å². The Morgan fingerprint density at radius 1 is 1.26 bits per heavy atom. The van der Waals surface area contributed by atoms with Crippen LogP contribution in [0.25, 0.3) is 0 Å². The van der Waals surface area contributed by atoms with Crippen LogP contribution in [0.5, 0.6) is 0 Å². The van der Waals surface area contributed by atoms with Gasteiger partial charge >= 0.3 is 0 Å². The number of fused-ring (bicyclic) bond motifs is 1. The zero-order valence-corrected chi connectivity index (χ0v) is 17.0. The summed E-state index contributed by atoms with van der Waals surface area (Å²) in [5.74, 6) is -0.0534. The van der Waals surface area contributed by atoms with Crippen LogP contribution in [-0.4, -0.2) is 69.1 Å². The third-order valence-corrected chi connectivity index (χ3v) is 8.33. The highest BCUT2D eigenvalue weighted by Crippen LogP contribution is 2.41. The highest BCUT2D eigenvalue weighted by atomic mass is 32.2. The van der Waals surface area contributed by atoms with Crippen molar-refractivity contribution in [3.05, 3.63) is 24.3 Å². The molecule has 0 spiro atoms. The molecule has 3 saturated heterocycles. The van der Waals surface area contributed by atoms with Crippen LogP contribution < -0.4 is 9.80 Å². The molecule has 3 fully saturated rings. The fourth-order valence-corrected chi connectivity index (χ4v) is 7.64. The second kappa shape index (κ2) is 7.10. The average Bonchev–Trinajstić information content (AvgIpc) is 3.29. The molecule has 3 aliphatic heterocycles. The molecule has 9 heteroatoms. The van der Waals surface area contributed by atoms with Crippen LogP contribution in [0, 0.1) is 0 Å². The molecule has 0 saturated carbocycles. The fourth-order valence-electron chi connectivity index (χ4n) is 3.72. The van der Waals surface area contributed by atoms with E-state index in [9.17, 15) is 13.2 Å². The first-order valence-electron chi connectivity index (χ1n) is 9.02. The van der Waals surface area contributed by atoms with Gasteiger partial charge in [0.2, 0.25) is 0 Å². The minimum atomic E-state index is -3.07. The van der Waals surface area contributed by atoms with Gasteiger partial charge in [-0.15, -0.1) is 0 Å². The van der Waals surface area contributed by atoms with E-state index in [0.29, 0.717) is 18.2 Å². The van der Waals surface area contributed by atoms with Crippen LogP contribution in [0.1, 0.15) is 12.8 Å². The number of sulfone groups is 1. The summed E-state index contributed by atoms with van der Waals surface area (Å²) in [4.78, 5) is 20.8. The van der Waals surface area contributed by atoms with Crippen LogP contribution in [0.4, 0.5) is 11.4 Å². The number of anilines is 2. The Bertz CT molecular complexity index is 861. The smallest absolute Gasteiger partial charge is 0.277 e. The number of carbonyl (C=O) groups excluding carboxylic acids is 1. The number of carbonyl (C=O) groups is 1. The lowest BCUT2D eigenvalue weighted by Gasteiger charge is -2.25. The Labute approximate surface area is 163 Å². The lowest BCUT2D eigenvalue weighted by molar-refractivity contribution is -0.126. The van der Waals surface area contributed by atoms with E-state index in [0.717, 1.165) is 17.8 Å². The van der Waals surface area contributed by atoms with Crippen molar-refractivity contribution in [3.63, 3.8) is 0 Å². The number of amidine groups is 1. The highest BCUT2D eigenvalue weighted by Gasteiger charge is 2.49. The lowest BCUT2D eigenvalue weighted by Crippen LogP contribution is -2.38. The molecular formula is C18H23N3O4S2.